The summed E-state index contributed by atoms with van der Waals surface area (Å²) in [6.45, 7) is 4.14. The Kier molecular flexibility index (Phi) is 3.67. The Balaban J connectivity index is 1.45. The molecule has 2 atom stereocenters. The monoisotopic (exact) mass is 431 g/mol. The molecule has 2 saturated carbocycles. The Labute approximate surface area is 182 Å². The second kappa shape index (κ2) is 5.98. The van der Waals surface area contributed by atoms with E-state index in [9.17, 15) is 13.2 Å². The van der Waals surface area contributed by atoms with Crippen molar-refractivity contribution in [2.75, 3.05) is 10.5 Å². The molecule has 0 heterocycles. The molecule has 2 aliphatic rings. The number of carbonyl (C=O) groups excluding carboxylic acids is 1. The number of benzene rings is 4. The van der Waals surface area contributed by atoms with Crippen molar-refractivity contribution >= 4 is 53.8 Å². The minimum absolute atomic E-state index is 0.120. The van der Waals surface area contributed by atoms with Gasteiger partial charge in [0.05, 0.1) is 16.9 Å². The summed E-state index contributed by atoms with van der Waals surface area (Å²) < 4.78 is 29.6. The van der Waals surface area contributed by atoms with Crippen LogP contribution < -0.4 is 4.72 Å². The van der Waals surface area contributed by atoms with Gasteiger partial charge in [-0.05, 0) is 57.2 Å². The number of hydrogen-bond donors (Lipinski definition) is 1. The fourth-order valence-electron chi connectivity index (χ4n) is 6.46. The van der Waals surface area contributed by atoms with Crippen LogP contribution in [0.5, 0.6) is 0 Å². The Morgan fingerprint density at radius 3 is 2.23 bits per heavy atom. The molecular formula is C26H25NO3S. The lowest BCUT2D eigenvalue weighted by atomic mass is 9.70. The van der Waals surface area contributed by atoms with Gasteiger partial charge in [0.1, 0.15) is 5.78 Å². The molecule has 0 saturated heterocycles. The Morgan fingerprint density at radius 1 is 0.935 bits per heavy atom. The maximum absolute atomic E-state index is 13.4. The standard InChI is InChI=1S/C26H25NO3S/c1-25(2)19-12-13-26(25,22(28)14-19)15-31(29,30)27-21-11-9-18-7-6-16-4-3-5-17-8-10-20(21)24(18)23(16)17/h3-11,19,27H,12-15H2,1-2H3. The van der Waals surface area contributed by atoms with Crippen LogP contribution in [0.1, 0.15) is 33.1 Å². The quantitative estimate of drug-likeness (QED) is 0.420. The fraction of sp³-hybridized carbons (Fsp3) is 0.346. The zero-order valence-electron chi connectivity index (χ0n) is 17.7. The second-order valence-corrected chi connectivity index (χ2v) is 11.7. The summed E-state index contributed by atoms with van der Waals surface area (Å²) in [6.07, 6.45) is 2.12. The van der Waals surface area contributed by atoms with Gasteiger partial charge < -0.3 is 0 Å². The summed E-state index contributed by atoms with van der Waals surface area (Å²) in [5.41, 5.74) is -0.464. The number of carbonyl (C=O) groups is 1. The molecule has 2 fully saturated rings. The molecule has 2 bridgehead atoms. The fourth-order valence-corrected chi connectivity index (χ4v) is 8.37. The van der Waals surface area contributed by atoms with Crippen LogP contribution in [0.15, 0.2) is 54.6 Å². The van der Waals surface area contributed by atoms with E-state index in [0.717, 1.165) is 38.7 Å². The predicted octanol–water partition coefficient (Wildman–Crippen LogP) is 5.72. The lowest BCUT2D eigenvalue weighted by molar-refractivity contribution is -0.128. The van der Waals surface area contributed by atoms with Gasteiger partial charge in [-0.1, -0.05) is 62.4 Å². The van der Waals surface area contributed by atoms with Crippen LogP contribution in [0, 0.1) is 16.7 Å². The van der Waals surface area contributed by atoms with Crippen LogP contribution >= 0.6 is 0 Å². The van der Waals surface area contributed by atoms with Gasteiger partial charge in [-0.3, -0.25) is 9.52 Å². The van der Waals surface area contributed by atoms with Crippen molar-refractivity contribution in [3.63, 3.8) is 0 Å². The third kappa shape index (κ3) is 2.47. The van der Waals surface area contributed by atoms with Crippen molar-refractivity contribution in [2.45, 2.75) is 33.1 Å². The largest absolute Gasteiger partial charge is 0.299 e. The van der Waals surface area contributed by atoms with Crippen LogP contribution in [0.3, 0.4) is 0 Å². The van der Waals surface area contributed by atoms with Gasteiger partial charge in [0.2, 0.25) is 10.0 Å². The number of nitrogens with one attached hydrogen (secondary N) is 1. The molecular weight excluding hydrogens is 406 g/mol. The highest BCUT2D eigenvalue weighted by Crippen LogP contribution is 2.64. The molecule has 158 valence electrons. The lowest BCUT2D eigenvalue weighted by Crippen LogP contribution is -2.43. The van der Waals surface area contributed by atoms with Crippen LogP contribution in [-0.4, -0.2) is 20.0 Å². The lowest BCUT2D eigenvalue weighted by Gasteiger charge is -2.36. The molecule has 0 spiro atoms. The molecule has 1 N–H and O–H groups in total. The number of fused-ring (bicyclic) bond motifs is 2. The molecule has 0 aliphatic heterocycles. The molecule has 31 heavy (non-hydrogen) atoms. The summed E-state index contributed by atoms with van der Waals surface area (Å²) in [5, 5.41) is 6.50. The van der Waals surface area contributed by atoms with E-state index < -0.39 is 15.4 Å². The van der Waals surface area contributed by atoms with Gasteiger partial charge in [-0.2, -0.15) is 0 Å². The van der Waals surface area contributed by atoms with Crippen LogP contribution in [-0.2, 0) is 14.8 Å². The maximum atomic E-state index is 13.4. The summed E-state index contributed by atoms with van der Waals surface area (Å²) >= 11 is 0. The molecule has 4 nitrogen and oxygen atoms in total. The number of anilines is 1. The Hall–Kier alpha value is -2.66. The van der Waals surface area contributed by atoms with Crippen molar-refractivity contribution in [3.05, 3.63) is 54.6 Å². The average molecular weight is 432 g/mol. The predicted molar refractivity (Wildman–Crippen MR) is 126 cm³/mol. The third-order valence-corrected chi connectivity index (χ3v) is 9.77. The van der Waals surface area contributed by atoms with Crippen molar-refractivity contribution in [1.82, 2.24) is 0 Å². The van der Waals surface area contributed by atoms with E-state index in [2.05, 4.69) is 42.8 Å². The molecule has 6 rings (SSSR count). The van der Waals surface area contributed by atoms with Crippen LogP contribution in [0.4, 0.5) is 5.69 Å². The number of Topliss-reactive ketones (excluding diaryl/α,β-unsaturated/α-hetero) is 1. The molecule has 5 heteroatoms. The minimum Gasteiger partial charge on any atom is -0.299 e. The van der Waals surface area contributed by atoms with Gasteiger partial charge in [0.15, 0.2) is 0 Å². The zero-order valence-corrected chi connectivity index (χ0v) is 18.6. The Morgan fingerprint density at radius 2 is 1.58 bits per heavy atom. The van der Waals surface area contributed by atoms with Gasteiger partial charge in [-0.25, -0.2) is 8.42 Å². The van der Waals surface area contributed by atoms with Gasteiger partial charge in [0.25, 0.3) is 0 Å². The first-order valence-corrected chi connectivity index (χ1v) is 12.6. The van der Waals surface area contributed by atoms with E-state index >= 15 is 0 Å². The highest BCUT2D eigenvalue weighted by Gasteiger charge is 2.65. The first kappa shape index (κ1) is 19.1. The molecule has 0 amide bonds. The number of ketones is 1. The molecule has 2 unspecified atom stereocenters. The normalized spacial score (nSPS) is 25.2. The molecule has 0 aromatic heterocycles. The van der Waals surface area contributed by atoms with Crippen molar-refractivity contribution in [3.8, 4) is 0 Å². The molecule has 4 aromatic rings. The smallest absolute Gasteiger partial charge is 0.233 e. The highest BCUT2D eigenvalue weighted by atomic mass is 32.2. The average Bonchev–Trinajstić information content (AvgIpc) is 3.07. The van der Waals surface area contributed by atoms with E-state index in [1.54, 1.807) is 0 Å². The summed E-state index contributed by atoms with van der Waals surface area (Å²) in [5.74, 6) is 0.281. The number of rotatable bonds is 4. The first-order valence-electron chi connectivity index (χ1n) is 10.9. The SMILES string of the molecule is CC1(C)C2CCC1(CS(=O)(=O)Nc1ccc3ccc4cccc5ccc1c3c45)C(=O)C2. The van der Waals surface area contributed by atoms with E-state index in [1.165, 1.54) is 0 Å². The van der Waals surface area contributed by atoms with E-state index in [-0.39, 0.29) is 17.0 Å². The molecule has 4 aromatic carbocycles. The number of hydrogen-bond acceptors (Lipinski definition) is 3. The zero-order chi connectivity index (χ0) is 21.6. The Bertz CT molecular complexity index is 1470. The van der Waals surface area contributed by atoms with Gasteiger partial charge >= 0.3 is 0 Å². The third-order valence-electron chi connectivity index (χ3n) is 8.37. The minimum atomic E-state index is -3.70. The van der Waals surface area contributed by atoms with Crippen molar-refractivity contribution in [2.24, 2.45) is 16.7 Å². The highest BCUT2D eigenvalue weighted by molar-refractivity contribution is 7.92. The van der Waals surface area contributed by atoms with Gasteiger partial charge in [0, 0.05) is 11.8 Å². The van der Waals surface area contributed by atoms with Crippen LogP contribution in [0.2, 0.25) is 0 Å². The van der Waals surface area contributed by atoms with Crippen molar-refractivity contribution in [1.29, 1.82) is 0 Å². The first-order chi connectivity index (χ1) is 14.7. The molecule has 2 aliphatic carbocycles. The number of sulfonamides is 1. The van der Waals surface area contributed by atoms with E-state index in [1.807, 2.05) is 30.3 Å². The topological polar surface area (TPSA) is 63.2 Å². The molecule has 0 radical (unpaired) electrons. The van der Waals surface area contributed by atoms with Crippen molar-refractivity contribution < 1.29 is 13.2 Å². The van der Waals surface area contributed by atoms with E-state index in [4.69, 9.17) is 0 Å². The maximum Gasteiger partial charge on any atom is 0.233 e. The van der Waals surface area contributed by atoms with E-state index in [0.29, 0.717) is 24.4 Å². The summed E-state index contributed by atoms with van der Waals surface area (Å²) in [6, 6.07) is 18.3. The van der Waals surface area contributed by atoms with Crippen LogP contribution in [0.25, 0.3) is 32.3 Å². The summed E-state index contributed by atoms with van der Waals surface area (Å²) in [4.78, 5) is 12.9. The van der Waals surface area contributed by atoms with Gasteiger partial charge in [-0.15, -0.1) is 0 Å². The summed E-state index contributed by atoms with van der Waals surface area (Å²) in [7, 11) is -3.70. The second-order valence-electron chi connectivity index (χ2n) is 10.00.